The number of nitrogens with zero attached hydrogens (tertiary/aromatic N) is 3. The Morgan fingerprint density at radius 3 is 2.63 bits per heavy atom. The number of methoxy groups -OCH3 is 1. The van der Waals surface area contributed by atoms with E-state index in [2.05, 4.69) is 14.8 Å². The van der Waals surface area contributed by atoms with Crippen molar-refractivity contribution < 1.29 is 14.6 Å². The third-order valence-corrected chi connectivity index (χ3v) is 2.56. The molecule has 0 aliphatic carbocycles. The quantitative estimate of drug-likeness (QED) is 0.849. The van der Waals surface area contributed by atoms with Gasteiger partial charge in [-0.2, -0.15) is 5.10 Å². The zero-order valence-electron chi connectivity index (χ0n) is 10.7. The van der Waals surface area contributed by atoms with Crippen molar-refractivity contribution in [2.75, 3.05) is 7.11 Å². The van der Waals surface area contributed by atoms with E-state index in [0.717, 1.165) is 0 Å². The molecule has 7 heteroatoms. The minimum absolute atomic E-state index is 0. The van der Waals surface area contributed by atoms with Gasteiger partial charge in [0.1, 0.15) is 0 Å². The van der Waals surface area contributed by atoms with Crippen molar-refractivity contribution in [1.29, 1.82) is 0 Å². The lowest BCUT2D eigenvalue weighted by molar-refractivity contribution is 0.0600. The Hall–Kier alpha value is -2.08. The third-order valence-electron chi connectivity index (χ3n) is 2.56. The largest absolute Gasteiger partial charge is 0.493 e. The highest BCUT2D eigenvalue weighted by atomic mass is 35.5. The number of rotatable bonds is 2. The Morgan fingerprint density at radius 2 is 2.11 bits per heavy atom. The molecule has 2 rings (SSSR count). The van der Waals surface area contributed by atoms with Crippen LogP contribution >= 0.6 is 12.4 Å². The van der Waals surface area contributed by atoms with Crippen LogP contribution in [0.15, 0.2) is 18.3 Å². The molecular weight excluding hydrogens is 270 g/mol. The molecule has 19 heavy (non-hydrogen) atoms. The van der Waals surface area contributed by atoms with Gasteiger partial charge in [0.05, 0.1) is 30.1 Å². The molecule has 1 N–H and O–H groups in total. The van der Waals surface area contributed by atoms with Gasteiger partial charge in [0.25, 0.3) is 0 Å². The average molecular weight is 284 g/mol. The maximum Gasteiger partial charge on any atom is 0.337 e. The predicted octanol–water partition coefficient (Wildman–Crippen LogP) is 1.70. The van der Waals surface area contributed by atoms with Crippen molar-refractivity contribution in [1.82, 2.24) is 14.8 Å². The number of hydrogen-bond acceptors (Lipinski definition) is 5. The summed E-state index contributed by atoms with van der Waals surface area (Å²) in [5.74, 6) is -0.436. The maximum absolute atomic E-state index is 11.5. The monoisotopic (exact) mass is 283 g/mol. The van der Waals surface area contributed by atoms with Gasteiger partial charge in [0.2, 0.25) is 5.88 Å². The van der Waals surface area contributed by atoms with Gasteiger partial charge >= 0.3 is 5.97 Å². The lowest BCUT2D eigenvalue weighted by Crippen LogP contribution is -2.03. The van der Waals surface area contributed by atoms with Gasteiger partial charge in [-0.05, 0) is 19.1 Å². The molecule has 0 aliphatic heterocycles. The van der Waals surface area contributed by atoms with E-state index in [9.17, 15) is 9.90 Å². The van der Waals surface area contributed by atoms with E-state index in [-0.39, 0.29) is 18.3 Å². The molecule has 0 saturated heterocycles. The van der Waals surface area contributed by atoms with Gasteiger partial charge < -0.3 is 9.84 Å². The molecule has 2 aromatic heterocycles. The van der Waals surface area contributed by atoms with Crippen molar-refractivity contribution in [2.24, 2.45) is 7.05 Å². The first-order chi connectivity index (χ1) is 8.52. The summed E-state index contributed by atoms with van der Waals surface area (Å²) in [6.45, 7) is 1.77. The summed E-state index contributed by atoms with van der Waals surface area (Å²) in [6, 6.07) is 3.19. The van der Waals surface area contributed by atoms with E-state index in [0.29, 0.717) is 22.5 Å². The molecule has 0 amide bonds. The highest BCUT2D eigenvalue weighted by Gasteiger charge is 2.14. The molecule has 6 nitrogen and oxygen atoms in total. The molecule has 0 spiro atoms. The summed E-state index contributed by atoms with van der Waals surface area (Å²) in [7, 11) is 2.94. The number of ether oxygens (including phenoxy) is 1. The first kappa shape index (κ1) is 15.0. The molecule has 0 radical (unpaired) electrons. The minimum atomic E-state index is -0.440. The number of hydrogen-bond donors (Lipinski definition) is 1. The fourth-order valence-corrected chi connectivity index (χ4v) is 1.65. The maximum atomic E-state index is 11.5. The van der Waals surface area contributed by atoms with E-state index in [4.69, 9.17) is 0 Å². The second-order valence-electron chi connectivity index (χ2n) is 3.88. The van der Waals surface area contributed by atoms with Crippen LogP contribution in [0.1, 0.15) is 16.1 Å². The van der Waals surface area contributed by atoms with E-state index in [1.807, 2.05) is 0 Å². The minimum Gasteiger partial charge on any atom is -0.493 e. The normalized spacial score (nSPS) is 9.84. The number of pyridine rings is 1. The number of aromatic nitrogens is 3. The van der Waals surface area contributed by atoms with Gasteiger partial charge in [-0.1, -0.05) is 0 Å². The summed E-state index contributed by atoms with van der Waals surface area (Å²) >= 11 is 0. The van der Waals surface area contributed by atoms with Crippen molar-refractivity contribution in [2.45, 2.75) is 6.92 Å². The second-order valence-corrected chi connectivity index (χ2v) is 3.88. The fraction of sp³-hybridized carbons (Fsp3) is 0.250. The van der Waals surface area contributed by atoms with Gasteiger partial charge in [-0.3, -0.25) is 4.98 Å². The van der Waals surface area contributed by atoms with Crippen LogP contribution in [0.3, 0.4) is 0 Å². The van der Waals surface area contributed by atoms with Crippen LogP contribution in [0.4, 0.5) is 0 Å². The molecule has 0 unspecified atom stereocenters. The Labute approximate surface area is 116 Å². The van der Waals surface area contributed by atoms with Crippen molar-refractivity contribution in [3.05, 3.63) is 29.6 Å². The van der Waals surface area contributed by atoms with Gasteiger partial charge in [0, 0.05) is 12.7 Å². The lowest BCUT2D eigenvalue weighted by Gasteiger charge is -2.04. The van der Waals surface area contributed by atoms with Crippen LogP contribution in [-0.2, 0) is 11.8 Å². The summed E-state index contributed by atoms with van der Waals surface area (Å²) in [5, 5.41) is 13.7. The Bertz CT molecular complexity index is 610. The molecule has 0 aliphatic rings. The summed E-state index contributed by atoms with van der Waals surface area (Å²) in [5.41, 5.74) is 2.02. The summed E-state index contributed by atoms with van der Waals surface area (Å²) < 4.78 is 6.00. The second kappa shape index (κ2) is 5.71. The Balaban J connectivity index is 0.00000180. The van der Waals surface area contributed by atoms with Crippen molar-refractivity contribution in [3.8, 4) is 17.1 Å². The smallest absolute Gasteiger partial charge is 0.337 e. The summed E-state index contributed by atoms with van der Waals surface area (Å²) in [4.78, 5) is 15.8. The average Bonchev–Trinajstić information content (AvgIpc) is 2.68. The molecule has 2 heterocycles. The van der Waals surface area contributed by atoms with E-state index in [1.54, 1.807) is 26.1 Å². The third kappa shape index (κ3) is 2.85. The standard InChI is InChI=1S/C12H13N3O3.ClH/c1-7-4-8(12(17)18-3)5-10(14-7)9-6-13-15(2)11(9)16;/h4-6,16H,1-3H3;1H. The molecule has 0 atom stereocenters. The number of halogens is 1. The molecule has 2 aromatic rings. The number of aryl methyl sites for hydroxylation is 2. The fourth-order valence-electron chi connectivity index (χ4n) is 1.65. The van der Waals surface area contributed by atoms with Crippen molar-refractivity contribution >= 4 is 18.4 Å². The first-order valence-electron chi connectivity index (χ1n) is 5.31. The van der Waals surface area contributed by atoms with E-state index >= 15 is 0 Å². The molecule has 0 aromatic carbocycles. The van der Waals surface area contributed by atoms with Gasteiger partial charge in [-0.15, -0.1) is 12.4 Å². The van der Waals surface area contributed by atoms with E-state index in [1.165, 1.54) is 18.0 Å². The highest BCUT2D eigenvalue weighted by molar-refractivity contribution is 5.90. The Kier molecular flexibility index (Phi) is 4.50. The number of carbonyl (C=O) groups is 1. The topological polar surface area (TPSA) is 77.2 Å². The van der Waals surface area contributed by atoms with Crippen LogP contribution in [0, 0.1) is 6.92 Å². The number of esters is 1. The van der Waals surface area contributed by atoms with E-state index < -0.39 is 5.97 Å². The van der Waals surface area contributed by atoms with Crippen LogP contribution < -0.4 is 0 Å². The number of aromatic hydroxyl groups is 1. The van der Waals surface area contributed by atoms with Gasteiger partial charge in [0.15, 0.2) is 0 Å². The summed E-state index contributed by atoms with van der Waals surface area (Å²) in [6.07, 6.45) is 1.50. The van der Waals surface area contributed by atoms with Gasteiger partial charge in [-0.25, -0.2) is 9.48 Å². The van der Waals surface area contributed by atoms with Crippen LogP contribution in [-0.4, -0.2) is 33.0 Å². The first-order valence-corrected chi connectivity index (χ1v) is 5.31. The molecule has 102 valence electrons. The predicted molar refractivity (Wildman–Crippen MR) is 71.4 cm³/mol. The van der Waals surface area contributed by atoms with Crippen LogP contribution in [0.25, 0.3) is 11.3 Å². The van der Waals surface area contributed by atoms with Crippen LogP contribution in [0.5, 0.6) is 5.88 Å². The SMILES string of the molecule is COC(=O)c1cc(C)nc(-c2cnn(C)c2O)c1.Cl. The highest BCUT2D eigenvalue weighted by Crippen LogP contribution is 2.27. The van der Waals surface area contributed by atoms with Crippen LogP contribution in [0.2, 0.25) is 0 Å². The zero-order valence-corrected chi connectivity index (χ0v) is 11.6. The zero-order chi connectivity index (χ0) is 13.3. The Morgan fingerprint density at radius 1 is 1.42 bits per heavy atom. The molecule has 0 bridgehead atoms. The lowest BCUT2D eigenvalue weighted by atomic mass is 10.1. The molecule has 0 saturated carbocycles. The molecular formula is C12H14ClN3O3. The molecule has 0 fully saturated rings. The number of carbonyl (C=O) groups excluding carboxylic acids is 1. The van der Waals surface area contributed by atoms with Crippen molar-refractivity contribution in [3.63, 3.8) is 0 Å².